The number of benzene rings is 1. The van der Waals surface area contributed by atoms with Crippen molar-refractivity contribution < 1.29 is 32.7 Å². The zero-order chi connectivity index (χ0) is 20.1. The lowest BCUT2D eigenvalue weighted by Gasteiger charge is -2.23. The lowest BCUT2D eigenvalue weighted by Crippen LogP contribution is -2.44. The van der Waals surface area contributed by atoms with Crippen LogP contribution >= 0.6 is 0 Å². The first-order valence-corrected chi connectivity index (χ1v) is 7.74. The van der Waals surface area contributed by atoms with Gasteiger partial charge in [-0.1, -0.05) is 32.9 Å². The first kappa shape index (κ1) is 21.5. The van der Waals surface area contributed by atoms with Crippen LogP contribution in [0.3, 0.4) is 0 Å². The molecule has 0 saturated heterocycles. The van der Waals surface area contributed by atoms with Gasteiger partial charge < -0.3 is 15.3 Å². The molecule has 1 rings (SSSR count). The summed E-state index contributed by atoms with van der Waals surface area (Å²) in [5.41, 5.74) is -1.21. The number of nitrogens with one attached hydrogen (secondary N) is 1. The molecule has 6 nitrogen and oxygen atoms in total. The van der Waals surface area contributed by atoms with E-state index in [-0.39, 0.29) is 12.5 Å². The van der Waals surface area contributed by atoms with E-state index in [0.717, 1.165) is 17.0 Å². The van der Waals surface area contributed by atoms with Gasteiger partial charge in [-0.05, 0) is 17.7 Å². The predicted molar refractivity (Wildman–Crippen MR) is 87.0 cm³/mol. The van der Waals surface area contributed by atoms with Crippen molar-refractivity contribution in [1.29, 1.82) is 0 Å². The van der Waals surface area contributed by atoms with Crippen molar-refractivity contribution in [2.45, 2.75) is 33.5 Å². The Labute approximate surface area is 149 Å². The molecule has 26 heavy (non-hydrogen) atoms. The van der Waals surface area contributed by atoms with Gasteiger partial charge in [0.25, 0.3) is 0 Å². The number of rotatable bonds is 6. The van der Waals surface area contributed by atoms with Crippen LogP contribution in [-0.2, 0) is 27.1 Å². The summed E-state index contributed by atoms with van der Waals surface area (Å²) in [6.07, 6.45) is -4.48. The van der Waals surface area contributed by atoms with E-state index in [1.54, 1.807) is 20.8 Å². The molecule has 9 heteroatoms. The summed E-state index contributed by atoms with van der Waals surface area (Å²) in [5, 5.41) is 11.4. The second-order valence-electron chi connectivity index (χ2n) is 6.77. The maximum atomic E-state index is 12.6. The fraction of sp³-hybridized carbons (Fsp3) is 0.471. The maximum Gasteiger partial charge on any atom is 0.416 e. The third-order valence-corrected chi connectivity index (χ3v) is 3.41. The average molecular weight is 374 g/mol. The Morgan fingerprint density at radius 2 is 1.62 bits per heavy atom. The summed E-state index contributed by atoms with van der Waals surface area (Å²) < 4.78 is 37.7. The highest BCUT2D eigenvalue weighted by atomic mass is 19.4. The normalized spacial score (nSPS) is 11.8. The fourth-order valence-corrected chi connectivity index (χ4v) is 1.95. The topological polar surface area (TPSA) is 86.7 Å². The summed E-state index contributed by atoms with van der Waals surface area (Å²) >= 11 is 0. The van der Waals surface area contributed by atoms with Crippen LogP contribution in [-0.4, -0.2) is 40.9 Å². The molecule has 1 aromatic carbocycles. The van der Waals surface area contributed by atoms with Gasteiger partial charge in [0.1, 0.15) is 6.54 Å². The van der Waals surface area contributed by atoms with Gasteiger partial charge >= 0.3 is 12.1 Å². The molecule has 0 spiro atoms. The Bertz CT molecular complexity index is 664. The minimum Gasteiger partial charge on any atom is -0.480 e. The van der Waals surface area contributed by atoms with Gasteiger partial charge in [-0.15, -0.1) is 0 Å². The van der Waals surface area contributed by atoms with Gasteiger partial charge in [0.2, 0.25) is 11.8 Å². The molecule has 0 fully saturated rings. The van der Waals surface area contributed by atoms with Crippen LogP contribution in [0, 0.1) is 5.41 Å². The van der Waals surface area contributed by atoms with E-state index in [9.17, 15) is 27.6 Å². The summed E-state index contributed by atoms with van der Waals surface area (Å²) in [4.78, 5) is 35.9. The third kappa shape index (κ3) is 6.73. The highest BCUT2D eigenvalue weighted by Gasteiger charge is 2.30. The second kappa shape index (κ2) is 8.20. The van der Waals surface area contributed by atoms with E-state index >= 15 is 0 Å². The Balaban J connectivity index is 2.82. The van der Waals surface area contributed by atoms with Crippen LogP contribution in [0.25, 0.3) is 0 Å². The molecule has 0 aliphatic carbocycles. The SMILES string of the molecule is CC(C)(C)C(=O)NCC(=O)N(CC(=O)O)Cc1ccc(C(F)(F)F)cc1. The Morgan fingerprint density at radius 1 is 1.08 bits per heavy atom. The van der Waals surface area contributed by atoms with Crippen molar-refractivity contribution in [2.75, 3.05) is 13.1 Å². The second-order valence-corrected chi connectivity index (χ2v) is 6.77. The molecule has 0 heterocycles. The van der Waals surface area contributed by atoms with Crippen LogP contribution in [0.1, 0.15) is 31.9 Å². The number of carboxylic acids is 1. The first-order valence-electron chi connectivity index (χ1n) is 7.74. The average Bonchev–Trinajstić information content (AvgIpc) is 2.49. The number of nitrogens with zero attached hydrogens (tertiary/aromatic N) is 1. The molecule has 0 radical (unpaired) electrons. The zero-order valence-electron chi connectivity index (χ0n) is 14.7. The van der Waals surface area contributed by atoms with E-state index in [1.807, 2.05) is 0 Å². The molecule has 0 aliphatic rings. The number of aliphatic carboxylic acids is 1. The minimum atomic E-state index is -4.48. The van der Waals surface area contributed by atoms with E-state index in [2.05, 4.69) is 5.32 Å². The number of amides is 2. The summed E-state index contributed by atoms with van der Waals surface area (Å²) in [5.74, 6) is -2.30. The van der Waals surface area contributed by atoms with Crippen molar-refractivity contribution in [1.82, 2.24) is 10.2 Å². The number of hydrogen-bond acceptors (Lipinski definition) is 3. The summed E-state index contributed by atoms with van der Waals surface area (Å²) in [6.45, 7) is 3.75. The highest BCUT2D eigenvalue weighted by Crippen LogP contribution is 2.29. The van der Waals surface area contributed by atoms with Crippen molar-refractivity contribution in [3.8, 4) is 0 Å². The first-order chi connectivity index (χ1) is 11.8. The molecule has 0 bridgehead atoms. The van der Waals surface area contributed by atoms with Gasteiger partial charge in [-0.3, -0.25) is 14.4 Å². The minimum absolute atomic E-state index is 0.186. The Morgan fingerprint density at radius 3 is 2.04 bits per heavy atom. The van der Waals surface area contributed by atoms with Gasteiger partial charge in [-0.2, -0.15) is 13.2 Å². The van der Waals surface area contributed by atoms with E-state index in [4.69, 9.17) is 5.11 Å². The van der Waals surface area contributed by atoms with Crippen molar-refractivity contribution in [2.24, 2.45) is 5.41 Å². The molecule has 0 saturated carbocycles. The highest BCUT2D eigenvalue weighted by molar-refractivity contribution is 5.88. The lowest BCUT2D eigenvalue weighted by molar-refractivity contribution is -0.145. The Hall–Kier alpha value is -2.58. The number of carboxylic acid groups (broad SMARTS) is 1. The van der Waals surface area contributed by atoms with Crippen LogP contribution < -0.4 is 5.32 Å². The molecule has 144 valence electrons. The molecule has 0 unspecified atom stereocenters. The molecule has 0 aliphatic heterocycles. The largest absolute Gasteiger partial charge is 0.480 e. The van der Waals surface area contributed by atoms with Gasteiger partial charge in [-0.25, -0.2) is 0 Å². The van der Waals surface area contributed by atoms with E-state index in [0.29, 0.717) is 5.56 Å². The number of carbonyl (C=O) groups is 3. The smallest absolute Gasteiger partial charge is 0.416 e. The number of carbonyl (C=O) groups excluding carboxylic acids is 2. The molecule has 2 amide bonds. The molecular weight excluding hydrogens is 353 g/mol. The molecular formula is C17H21F3N2O4. The molecule has 1 aromatic rings. The molecule has 0 atom stereocenters. The molecule has 0 aromatic heterocycles. The van der Waals surface area contributed by atoms with Crippen molar-refractivity contribution in [3.63, 3.8) is 0 Å². The zero-order valence-corrected chi connectivity index (χ0v) is 14.7. The predicted octanol–water partition coefficient (Wildman–Crippen LogP) is 2.28. The van der Waals surface area contributed by atoms with Crippen LogP contribution in [0.15, 0.2) is 24.3 Å². The van der Waals surface area contributed by atoms with Crippen LogP contribution in [0.5, 0.6) is 0 Å². The summed E-state index contributed by atoms with van der Waals surface area (Å²) in [7, 11) is 0. The van der Waals surface area contributed by atoms with Gasteiger partial charge in [0.05, 0.1) is 12.1 Å². The van der Waals surface area contributed by atoms with Crippen molar-refractivity contribution in [3.05, 3.63) is 35.4 Å². The van der Waals surface area contributed by atoms with Crippen LogP contribution in [0.4, 0.5) is 13.2 Å². The van der Waals surface area contributed by atoms with Gasteiger partial charge in [0.15, 0.2) is 0 Å². The van der Waals surface area contributed by atoms with Crippen molar-refractivity contribution >= 4 is 17.8 Å². The Kier molecular flexibility index (Phi) is 6.77. The van der Waals surface area contributed by atoms with E-state index in [1.165, 1.54) is 12.1 Å². The van der Waals surface area contributed by atoms with E-state index < -0.39 is 42.1 Å². The monoisotopic (exact) mass is 374 g/mol. The summed E-state index contributed by atoms with van der Waals surface area (Å²) in [6, 6.07) is 4.08. The lowest BCUT2D eigenvalue weighted by atomic mass is 9.96. The van der Waals surface area contributed by atoms with Crippen LogP contribution in [0.2, 0.25) is 0 Å². The fourth-order valence-electron chi connectivity index (χ4n) is 1.95. The number of alkyl halides is 3. The van der Waals surface area contributed by atoms with Gasteiger partial charge in [0, 0.05) is 12.0 Å². The molecule has 2 N–H and O–H groups in total. The number of hydrogen-bond donors (Lipinski definition) is 2. The maximum absolute atomic E-state index is 12.6. The standard InChI is InChI=1S/C17H21F3N2O4/c1-16(2,3)15(26)21-8-13(23)22(10-14(24)25)9-11-4-6-12(7-5-11)17(18,19)20/h4-7H,8-10H2,1-3H3,(H,21,26)(H,24,25). The number of halogens is 3. The quantitative estimate of drug-likeness (QED) is 0.800. The third-order valence-electron chi connectivity index (χ3n) is 3.41.